The smallest absolute Gasteiger partial charge is 0.246 e. The molecule has 1 amide bonds. The van der Waals surface area contributed by atoms with E-state index in [4.69, 9.17) is 0 Å². The maximum atomic E-state index is 11.9. The van der Waals surface area contributed by atoms with Gasteiger partial charge in [-0.25, -0.2) is 8.42 Å². The average Bonchev–Trinajstić information content (AvgIpc) is 2.82. The van der Waals surface area contributed by atoms with Crippen LogP contribution in [0.15, 0.2) is 30.0 Å². The summed E-state index contributed by atoms with van der Waals surface area (Å²) in [5, 5.41) is 5.83. The van der Waals surface area contributed by atoms with Crippen LogP contribution in [-0.4, -0.2) is 33.7 Å². The summed E-state index contributed by atoms with van der Waals surface area (Å²) in [5.41, 5.74) is 3.33. The first-order valence-electron chi connectivity index (χ1n) is 6.79. The van der Waals surface area contributed by atoms with E-state index >= 15 is 0 Å². The van der Waals surface area contributed by atoms with Crippen LogP contribution in [0, 0.1) is 0 Å². The van der Waals surface area contributed by atoms with Crippen molar-refractivity contribution in [3.8, 4) is 0 Å². The van der Waals surface area contributed by atoms with Crippen molar-refractivity contribution in [1.82, 2.24) is 5.32 Å². The fraction of sp³-hybridized carbons (Fsp3) is 0.357. The third kappa shape index (κ3) is 2.87. The highest BCUT2D eigenvalue weighted by Gasteiger charge is 2.24. The van der Waals surface area contributed by atoms with Crippen molar-refractivity contribution in [2.24, 2.45) is 0 Å². The van der Waals surface area contributed by atoms with Gasteiger partial charge in [0.2, 0.25) is 15.9 Å². The van der Waals surface area contributed by atoms with Crippen LogP contribution in [0.5, 0.6) is 0 Å². The van der Waals surface area contributed by atoms with Crippen LogP contribution in [0.2, 0.25) is 0 Å². The van der Waals surface area contributed by atoms with Gasteiger partial charge < -0.3 is 10.6 Å². The Morgan fingerprint density at radius 2 is 2.14 bits per heavy atom. The van der Waals surface area contributed by atoms with Gasteiger partial charge in [-0.05, 0) is 30.5 Å². The first kappa shape index (κ1) is 13.9. The zero-order valence-corrected chi connectivity index (χ0v) is 12.5. The number of amides is 1. The van der Waals surface area contributed by atoms with Gasteiger partial charge in [0, 0.05) is 24.0 Å². The van der Waals surface area contributed by atoms with Gasteiger partial charge in [0.1, 0.15) is 0 Å². The van der Waals surface area contributed by atoms with Crippen LogP contribution in [0.25, 0.3) is 0 Å². The second-order valence-electron chi connectivity index (χ2n) is 5.29. The number of fused-ring (bicyclic) bond motifs is 1. The molecule has 21 heavy (non-hydrogen) atoms. The van der Waals surface area contributed by atoms with E-state index in [0.29, 0.717) is 13.1 Å². The minimum absolute atomic E-state index is 0.117. The van der Waals surface area contributed by atoms with Crippen LogP contribution in [0.4, 0.5) is 11.4 Å². The Hall–Kier alpha value is -2.02. The third-order valence-corrected chi connectivity index (χ3v) is 4.80. The first-order valence-corrected chi connectivity index (χ1v) is 8.64. The van der Waals surface area contributed by atoms with E-state index in [1.807, 2.05) is 18.2 Å². The zero-order chi connectivity index (χ0) is 15.0. The molecule has 0 atom stereocenters. The van der Waals surface area contributed by atoms with Crippen LogP contribution in [0.3, 0.4) is 0 Å². The van der Waals surface area contributed by atoms with Crippen molar-refractivity contribution in [3.63, 3.8) is 0 Å². The lowest BCUT2D eigenvalue weighted by atomic mass is 10.0. The largest absolute Gasteiger partial charge is 0.357 e. The molecule has 3 rings (SSSR count). The number of hydrogen-bond acceptors (Lipinski definition) is 4. The molecule has 0 fully saturated rings. The molecule has 0 bridgehead atoms. The summed E-state index contributed by atoms with van der Waals surface area (Å²) in [6.07, 6.45) is 4.44. The number of carbonyl (C=O) groups excluding carboxylic acids is 1. The van der Waals surface area contributed by atoms with Crippen LogP contribution in [0.1, 0.15) is 12.0 Å². The lowest BCUT2D eigenvalue weighted by molar-refractivity contribution is -0.115. The second kappa shape index (κ2) is 5.07. The fourth-order valence-electron chi connectivity index (χ4n) is 2.67. The highest BCUT2D eigenvalue weighted by Crippen LogP contribution is 2.32. The molecule has 0 saturated heterocycles. The Balaban J connectivity index is 1.92. The Morgan fingerprint density at radius 1 is 1.33 bits per heavy atom. The number of nitrogens with zero attached hydrogens (tertiary/aromatic N) is 1. The molecule has 0 aromatic heterocycles. The third-order valence-electron chi connectivity index (χ3n) is 3.62. The van der Waals surface area contributed by atoms with E-state index in [9.17, 15) is 13.2 Å². The molecule has 2 N–H and O–H groups in total. The topological polar surface area (TPSA) is 78.5 Å². The van der Waals surface area contributed by atoms with Gasteiger partial charge in [0.15, 0.2) is 0 Å². The number of nitrogens with one attached hydrogen (secondary N) is 2. The molecular formula is C14H17N3O3S. The number of anilines is 2. The molecule has 7 heteroatoms. The molecule has 6 nitrogen and oxygen atoms in total. The van der Waals surface area contributed by atoms with E-state index in [1.165, 1.54) is 16.6 Å². The Kier molecular flexibility index (Phi) is 3.36. The van der Waals surface area contributed by atoms with Crippen molar-refractivity contribution < 1.29 is 13.2 Å². The molecule has 0 aliphatic carbocycles. The summed E-state index contributed by atoms with van der Waals surface area (Å²) in [5.74, 6) is -0.117. The minimum Gasteiger partial charge on any atom is -0.357 e. The number of rotatable bonds is 3. The van der Waals surface area contributed by atoms with Crippen LogP contribution >= 0.6 is 0 Å². The zero-order valence-electron chi connectivity index (χ0n) is 11.7. The maximum absolute atomic E-state index is 11.9. The van der Waals surface area contributed by atoms with E-state index in [1.54, 1.807) is 0 Å². The van der Waals surface area contributed by atoms with E-state index in [2.05, 4.69) is 10.6 Å². The van der Waals surface area contributed by atoms with Gasteiger partial charge in [-0.3, -0.25) is 9.10 Å². The summed E-state index contributed by atoms with van der Waals surface area (Å²) in [6, 6.07) is 5.69. The van der Waals surface area contributed by atoms with Crippen molar-refractivity contribution in [2.75, 3.05) is 29.0 Å². The predicted molar refractivity (Wildman–Crippen MR) is 81.7 cm³/mol. The van der Waals surface area contributed by atoms with Crippen molar-refractivity contribution >= 4 is 27.3 Å². The highest BCUT2D eigenvalue weighted by molar-refractivity contribution is 7.92. The highest BCUT2D eigenvalue weighted by atomic mass is 32.2. The number of carbonyl (C=O) groups is 1. The number of aryl methyl sites for hydroxylation is 1. The van der Waals surface area contributed by atoms with E-state index in [0.717, 1.165) is 35.5 Å². The van der Waals surface area contributed by atoms with Gasteiger partial charge in [0.25, 0.3) is 0 Å². The monoisotopic (exact) mass is 307 g/mol. The molecule has 0 spiro atoms. The maximum Gasteiger partial charge on any atom is 0.246 e. The van der Waals surface area contributed by atoms with Gasteiger partial charge >= 0.3 is 0 Å². The summed E-state index contributed by atoms with van der Waals surface area (Å²) >= 11 is 0. The van der Waals surface area contributed by atoms with Crippen molar-refractivity contribution in [1.29, 1.82) is 0 Å². The molecule has 0 radical (unpaired) electrons. The van der Waals surface area contributed by atoms with Gasteiger partial charge in [-0.1, -0.05) is 6.07 Å². The number of hydrogen-bond donors (Lipinski definition) is 2. The van der Waals surface area contributed by atoms with Crippen LogP contribution < -0.4 is 14.9 Å². The van der Waals surface area contributed by atoms with Gasteiger partial charge in [0.05, 0.1) is 18.5 Å². The van der Waals surface area contributed by atoms with Gasteiger partial charge in [-0.2, -0.15) is 0 Å². The number of benzene rings is 1. The predicted octanol–water partition coefficient (Wildman–Crippen LogP) is 0.824. The fourth-order valence-corrected chi connectivity index (χ4v) is 3.66. The van der Waals surface area contributed by atoms with E-state index in [-0.39, 0.29) is 5.91 Å². The molecule has 0 saturated carbocycles. The summed E-state index contributed by atoms with van der Waals surface area (Å²) in [6.45, 7) is 0.976. The molecule has 2 heterocycles. The van der Waals surface area contributed by atoms with Crippen molar-refractivity contribution in [3.05, 3.63) is 35.5 Å². The van der Waals surface area contributed by atoms with E-state index < -0.39 is 10.0 Å². The second-order valence-corrected chi connectivity index (χ2v) is 7.20. The standard InChI is InChI=1S/C14H17N3O3S/c1-21(19,20)17-6-2-3-10-4-5-11(7-13(10)17)16-12-8-14(18)15-9-12/h4-5,7-8,16H,2-3,6,9H2,1H3,(H,15,18). The van der Waals surface area contributed by atoms with Gasteiger partial charge in [-0.15, -0.1) is 0 Å². The minimum atomic E-state index is -3.27. The summed E-state index contributed by atoms with van der Waals surface area (Å²) < 4.78 is 25.2. The molecule has 2 aliphatic heterocycles. The molecule has 0 unspecified atom stereocenters. The Labute approximate surface area is 123 Å². The molecule has 1 aromatic rings. The van der Waals surface area contributed by atoms with Crippen molar-refractivity contribution in [2.45, 2.75) is 12.8 Å². The molecule has 112 valence electrons. The summed E-state index contributed by atoms with van der Waals surface area (Å²) in [7, 11) is -3.27. The molecule has 1 aromatic carbocycles. The normalized spacial score (nSPS) is 18.0. The first-order chi connectivity index (χ1) is 9.93. The molecular weight excluding hydrogens is 290 g/mol. The average molecular weight is 307 g/mol. The summed E-state index contributed by atoms with van der Waals surface area (Å²) in [4.78, 5) is 11.1. The number of sulfonamides is 1. The Morgan fingerprint density at radius 3 is 2.81 bits per heavy atom. The lowest BCUT2D eigenvalue weighted by Gasteiger charge is -2.29. The van der Waals surface area contributed by atoms with Crippen LogP contribution in [-0.2, 0) is 21.2 Å². The molecule has 2 aliphatic rings. The lowest BCUT2D eigenvalue weighted by Crippen LogP contribution is -2.34. The SMILES string of the molecule is CS(=O)(=O)N1CCCc2ccc(NC3=CC(=O)NC3)cc21. The Bertz CT molecular complexity index is 725. The quantitative estimate of drug-likeness (QED) is 0.867.